The van der Waals surface area contributed by atoms with Gasteiger partial charge in [-0.3, -0.25) is 0 Å². The molecule has 410 valence electrons. The average molecular weight is 1110 g/mol. The first kappa shape index (κ1) is 61.5. The zero-order chi connectivity index (χ0) is 54.1. The second kappa shape index (κ2) is 25.4. The van der Waals surface area contributed by atoms with Crippen molar-refractivity contribution in [3.8, 4) is 11.5 Å². The highest BCUT2D eigenvalue weighted by atomic mass is 79.9. The van der Waals surface area contributed by atoms with Gasteiger partial charge < -0.3 is 28.0 Å². The van der Waals surface area contributed by atoms with Crippen LogP contribution in [-0.4, -0.2) is 87.6 Å². The van der Waals surface area contributed by atoms with Gasteiger partial charge in [-0.05, 0) is 221 Å². The summed E-state index contributed by atoms with van der Waals surface area (Å²) >= 11 is 3.60. The zero-order valence-electron chi connectivity index (χ0n) is 49.2. The molecule has 8 nitrogen and oxygen atoms in total. The fourth-order valence-electron chi connectivity index (χ4n) is 10.3. The van der Waals surface area contributed by atoms with Crippen LogP contribution in [0.2, 0.25) is 36.3 Å². The standard InChI is InChI=1S/C62H101BrN2O6Si2/c1-57(2,3)72(15,16)70-64-59(7,8)44-54(45-60(64,9)10)68-41-25-21-19-23-39-66-52-35-29-49(30-36-52)56(43-48-27-33-51(63)34-28-48)50-31-37-53(38-32-50)67-40-24-20-22-26-42-69-55-46-61(11,12)65(62(13,14)47-55)71-73(17,18)58(4,5)6/h27-38,43,54-55H,19-26,39-42,44-47H2,1-18H3. The molecular weight excluding hydrogens is 1000 g/mol. The Balaban J connectivity index is 1.02. The molecule has 0 spiro atoms. The molecule has 3 aromatic rings. The highest BCUT2D eigenvalue weighted by molar-refractivity contribution is 9.10. The lowest BCUT2D eigenvalue weighted by molar-refractivity contribution is -0.248. The smallest absolute Gasteiger partial charge is 0.220 e. The highest BCUT2D eigenvalue weighted by Crippen LogP contribution is 2.47. The lowest BCUT2D eigenvalue weighted by atomic mass is 9.80. The van der Waals surface area contributed by atoms with Gasteiger partial charge in [0.05, 0.1) is 25.4 Å². The van der Waals surface area contributed by atoms with Crippen molar-refractivity contribution in [2.45, 2.75) is 245 Å². The van der Waals surface area contributed by atoms with E-state index in [9.17, 15) is 0 Å². The van der Waals surface area contributed by atoms with E-state index in [0.717, 1.165) is 128 Å². The van der Waals surface area contributed by atoms with Gasteiger partial charge in [-0.15, -0.1) is 0 Å². The molecule has 2 aliphatic heterocycles. The molecule has 0 amide bonds. The van der Waals surface area contributed by atoms with Crippen molar-refractivity contribution in [1.29, 1.82) is 0 Å². The van der Waals surface area contributed by atoms with Crippen LogP contribution in [0.3, 0.4) is 0 Å². The number of hydrogen-bond donors (Lipinski definition) is 0. The lowest BCUT2D eigenvalue weighted by Crippen LogP contribution is -2.65. The molecule has 0 aliphatic carbocycles. The third-order valence-electron chi connectivity index (χ3n) is 16.2. The number of ether oxygens (including phenoxy) is 4. The minimum atomic E-state index is -1.95. The van der Waals surface area contributed by atoms with Crippen molar-refractivity contribution in [2.24, 2.45) is 0 Å². The Morgan fingerprint density at radius 1 is 0.493 bits per heavy atom. The minimum absolute atomic E-state index is 0.0915. The van der Waals surface area contributed by atoms with E-state index in [-0.39, 0.29) is 44.4 Å². The molecule has 0 aromatic heterocycles. The number of hydroxylamine groups is 4. The fraction of sp³-hybridized carbons (Fsp3) is 0.677. The van der Waals surface area contributed by atoms with E-state index in [1.54, 1.807) is 0 Å². The predicted octanol–water partition coefficient (Wildman–Crippen LogP) is 17.9. The van der Waals surface area contributed by atoms with Crippen LogP contribution in [0, 0.1) is 0 Å². The van der Waals surface area contributed by atoms with Crippen molar-refractivity contribution in [1.82, 2.24) is 10.1 Å². The van der Waals surface area contributed by atoms with Gasteiger partial charge in [0.2, 0.25) is 16.6 Å². The van der Waals surface area contributed by atoms with E-state index in [1.165, 1.54) is 0 Å². The van der Waals surface area contributed by atoms with Crippen LogP contribution in [0.5, 0.6) is 11.5 Å². The highest BCUT2D eigenvalue weighted by Gasteiger charge is 2.52. The molecule has 2 heterocycles. The SMILES string of the molecule is CC1(C)CC(OCCCCCCOc2ccc(C(=Cc3ccc(Br)cc3)c3ccc(OCCCCCCOC4CC(C)(C)N(O[Si](C)(C)C(C)(C)C)C(C)(C)C4)cc3)cc2)CC(C)(C)N1O[Si](C)(C)C(C)(C)C. The average Bonchev–Trinajstić information content (AvgIpc) is 3.27. The van der Waals surface area contributed by atoms with Crippen LogP contribution in [-0.2, 0) is 18.5 Å². The Morgan fingerprint density at radius 2 is 0.808 bits per heavy atom. The second-order valence-electron chi connectivity index (χ2n) is 27.0. The number of halogens is 1. The maximum absolute atomic E-state index is 6.94. The molecule has 73 heavy (non-hydrogen) atoms. The van der Waals surface area contributed by atoms with Gasteiger partial charge in [0, 0.05) is 39.8 Å². The molecule has 2 fully saturated rings. The van der Waals surface area contributed by atoms with Gasteiger partial charge >= 0.3 is 0 Å². The van der Waals surface area contributed by atoms with Gasteiger partial charge in [0.15, 0.2) is 0 Å². The molecule has 0 bridgehead atoms. The van der Waals surface area contributed by atoms with E-state index in [0.29, 0.717) is 13.2 Å². The van der Waals surface area contributed by atoms with Crippen LogP contribution in [0.25, 0.3) is 11.6 Å². The number of rotatable bonds is 25. The second-order valence-corrected chi connectivity index (χ2v) is 37.3. The third kappa shape index (κ3) is 17.9. The number of piperidine rings is 2. The first-order chi connectivity index (χ1) is 33.8. The molecule has 0 saturated carbocycles. The molecular formula is C62H101BrN2O6Si2. The molecule has 5 rings (SSSR count). The summed E-state index contributed by atoms with van der Waals surface area (Å²) in [5, 5.41) is 4.98. The first-order valence-corrected chi connectivity index (χ1v) is 34.6. The van der Waals surface area contributed by atoms with Crippen molar-refractivity contribution < 1.29 is 28.0 Å². The van der Waals surface area contributed by atoms with Crippen molar-refractivity contribution in [2.75, 3.05) is 26.4 Å². The summed E-state index contributed by atoms with van der Waals surface area (Å²) in [7, 11) is -3.91. The number of nitrogens with zero attached hydrogens (tertiary/aromatic N) is 2. The molecule has 0 N–H and O–H groups in total. The van der Waals surface area contributed by atoms with E-state index >= 15 is 0 Å². The van der Waals surface area contributed by atoms with Crippen molar-refractivity contribution in [3.05, 3.63) is 94.0 Å². The first-order valence-electron chi connectivity index (χ1n) is 28.0. The zero-order valence-corrected chi connectivity index (χ0v) is 52.8. The Morgan fingerprint density at radius 3 is 1.12 bits per heavy atom. The summed E-state index contributed by atoms with van der Waals surface area (Å²) in [6.07, 6.45) is 15.4. The van der Waals surface area contributed by atoms with Crippen LogP contribution in [0.1, 0.15) is 191 Å². The summed E-state index contributed by atoms with van der Waals surface area (Å²) in [5.41, 5.74) is 4.21. The number of hydrogen-bond acceptors (Lipinski definition) is 8. The van der Waals surface area contributed by atoms with Crippen LogP contribution < -0.4 is 9.47 Å². The summed E-state index contributed by atoms with van der Waals surface area (Å²) in [4.78, 5) is 0. The minimum Gasteiger partial charge on any atom is -0.494 e. The molecule has 11 heteroatoms. The van der Waals surface area contributed by atoms with Crippen molar-refractivity contribution in [3.63, 3.8) is 0 Å². The number of unbranched alkanes of at least 4 members (excludes halogenated alkanes) is 6. The van der Waals surface area contributed by atoms with Gasteiger partial charge in [-0.2, -0.15) is 10.1 Å². The Kier molecular flexibility index (Phi) is 21.4. The van der Waals surface area contributed by atoms with Gasteiger partial charge in [-0.25, -0.2) is 0 Å². The summed E-state index contributed by atoms with van der Waals surface area (Å²) < 4.78 is 40.5. The summed E-state index contributed by atoms with van der Waals surface area (Å²) in [6.45, 7) is 44.8. The van der Waals surface area contributed by atoms with Gasteiger partial charge in [-0.1, -0.05) is 107 Å². The van der Waals surface area contributed by atoms with Crippen LogP contribution in [0.15, 0.2) is 77.3 Å². The number of benzene rings is 3. The maximum Gasteiger partial charge on any atom is 0.220 e. The van der Waals surface area contributed by atoms with Crippen LogP contribution >= 0.6 is 15.9 Å². The quantitative estimate of drug-likeness (QED) is 0.0472. The largest absolute Gasteiger partial charge is 0.494 e. The Hall–Kier alpha value is -2.33. The fourth-order valence-corrected chi connectivity index (χ4v) is 13.0. The summed E-state index contributed by atoms with van der Waals surface area (Å²) in [5.74, 6) is 1.80. The van der Waals surface area contributed by atoms with Crippen molar-refractivity contribution >= 4 is 44.2 Å². The van der Waals surface area contributed by atoms with Crippen LogP contribution in [0.4, 0.5) is 0 Å². The van der Waals surface area contributed by atoms with E-state index < -0.39 is 16.6 Å². The molecule has 0 unspecified atom stereocenters. The Bertz CT molecular complexity index is 2010. The molecule has 2 saturated heterocycles. The van der Waals surface area contributed by atoms with E-state index in [1.807, 2.05) is 0 Å². The van der Waals surface area contributed by atoms with Gasteiger partial charge in [0.25, 0.3) is 0 Å². The normalized spacial score (nSPS) is 18.9. The molecule has 2 aliphatic rings. The lowest BCUT2D eigenvalue weighted by Gasteiger charge is -2.57. The molecule has 0 radical (unpaired) electrons. The maximum atomic E-state index is 6.94. The molecule has 3 aromatic carbocycles. The summed E-state index contributed by atoms with van der Waals surface area (Å²) in [6, 6.07) is 25.6. The predicted molar refractivity (Wildman–Crippen MR) is 316 cm³/mol. The third-order valence-corrected chi connectivity index (χ3v) is 25.2. The van der Waals surface area contributed by atoms with E-state index in [2.05, 4.69) is 228 Å². The monoisotopic (exact) mass is 1100 g/mol. The van der Waals surface area contributed by atoms with Gasteiger partial charge in [0.1, 0.15) is 11.5 Å². The Labute approximate surface area is 456 Å². The molecule has 0 atom stereocenters. The van der Waals surface area contributed by atoms with E-state index in [4.69, 9.17) is 28.0 Å². The topological polar surface area (TPSA) is 61.9 Å².